The lowest BCUT2D eigenvalue weighted by atomic mass is 9.96. The van der Waals surface area contributed by atoms with Crippen molar-refractivity contribution in [3.8, 4) is 16.9 Å². The van der Waals surface area contributed by atoms with Crippen LogP contribution >= 0.6 is 37.2 Å². The minimum Gasteiger partial charge on any atom is -0.507 e. The molecule has 1 N–H and O–H groups in total. The molecule has 0 saturated carbocycles. The molecule has 3 aromatic heterocycles. The van der Waals surface area contributed by atoms with Crippen molar-refractivity contribution in [1.82, 2.24) is 24.2 Å². The Kier molecular flexibility index (Phi) is 11.1. The maximum atomic E-state index is 13.1. The van der Waals surface area contributed by atoms with Crippen LogP contribution in [0.3, 0.4) is 0 Å². The molecule has 0 aliphatic rings. The van der Waals surface area contributed by atoms with E-state index in [0.29, 0.717) is 35.2 Å². The summed E-state index contributed by atoms with van der Waals surface area (Å²) >= 11 is 0. The minimum atomic E-state index is -0.398. The molecule has 4 aromatic rings. The molecule has 0 bridgehead atoms. The van der Waals surface area contributed by atoms with E-state index in [-0.39, 0.29) is 49.6 Å². The second-order valence-corrected chi connectivity index (χ2v) is 7.93. The molecule has 0 unspecified atom stereocenters. The Labute approximate surface area is 223 Å². The quantitative estimate of drug-likeness (QED) is 0.341. The van der Waals surface area contributed by atoms with Gasteiger partial charge >= 0.3 is 5.97 Å². The van der Waals surface area contributed by atoms with Gasteiger partial charge in [-0.3, -0.25) is 9.67 Å². The predicted molar refractivity (Wildman–Crippen MR) is 144 cm³/mol. The number of nitrogens with zero attached hydrogens (tertiary/aromatic N) is 5. The van der Waals surface area contributed by atoms with Gasteiger partial charge in [-0.15, -0.1) is 37.2 Å². The molecule has 0 amide bonds. The summed E-state index contributed by atoms with van der Waals surface area (Å²) in [6.07, 6.45) is 6.93. The number of benzene rings is 1. The summed E-state index contributed by atoms with van der Waals surface area (Å²) in [6.45, 7) is 2.91. The molecule has 190 valence electrons. The van der Waals surface area contributed by atoms with Crippen LogP contribution in [0.4, 0.5) is 0 Å². The molecular formula is C24H30Cl3N5O3. The molecule has 0 aliphatic heterocycles. The lowest BCUT2D eigenvalue weighted by Crippen LogP contribution is -2.17. The van der Waals surface area contributed by atoms with E-state index < -0.39 is 5.97 Å². The minimum absolute atomic E-state index is 0. The number of halogens is 3. The number of rotatable bonds is 7. The Morgan fingerprint density at radius 3 is 2.49 bits per heavy atom. The third-order valence-electron chi connectivity index (χ3n) is 5.48. The van der Waals surface area contributed by atoms with E-state index in [1.165, 1.54) is 0 Å². The van der Waals surface area contributed by atoms with Crippen LogP contribution < -0.4 is 0 Å². The Morgan fingerprint density at radius 1 is 1.17 bits per heavy atom. The third kappa shape index (κ3) is 5.90. The predicted octanol–water partition coefficient (Wildman–Crippen LogP) is 4.69. The number of hydrogen-bond acceptors (Lipinski definition) is 6. The molecule has 0 radical (unpaired) electrons. The van der Waals surface area contributed by atoms with Crippen molar-refractivity contribution >= 4 is 54.1 Å². The summed E-state index contributed by atoms with van der Waals surface area (Å²) in [6, 6.07) is 7.48. The van der Waals surface area contributed by atoms with Crippen LogP contribution in [0.5, 0.6) is 5.75 Å². The normalized spacial score (nSPS) is 10.4. The van der Waals surface area contributed by atoms with Gasteiger partial charge in [0.05, 0.1) is 24.2 Å². The smallest absolute Gasteiger partial charge is 0.340 e. The van der Waals surface area contributed by atoms with Crippen LogP contribution in [0.15, 0.2) is 49.1 Å². The van der Waals surface area contributed by atoms with Gasteiger partial charge in [-0.1, -0.05) is 6.07 Å². The molecule has 4 rings (SSSR count). The van der Waals surface area contributed by atoms with E-state index in [4.69, 9.17) is 4.74 Å². The van der Waals surface area contributed by atoms with Gasteiger partial charge in [0.1, 0.15) is 5.75 Å². The Morgan fingerprint density at radius 2 is 1.91 bits per heavy atom. The summed E-state index contributed by atoms with van der Waals surface area (Å²) in [4.78, 5) is 19.3. The number of esters is 1. The topological polar surface area (TPSA) is 85.4 Å². The van der Waals surface area contributed by atoms with E-state index in [1.807, 2.05) is 61.1 Å². The van der Waals surface area contributed by atoms with E-state index in [1.54, 1.807) is 30.2 Å². The molecule has 1 aromatic carbocycles. The second-order valence-electron chi connectivity index (χ2n) is 7.93. The summed E-state index contributed by atoms with van der Waals surface area (Å²) in [5.74, 6) is -0.293. The molecular weight excluding hydrogens is 513 g/mol. The van der Waals surface area contributed by atoms with Crippen molar-refractivity contribution < 1.29 is 14.6 Å². The summed E-state index contributed by atoms with van der Waals surface area (Å²) < 4.78 is 9.17. The molecule has 0 saturated heterocycles. The average Bonchev–Trinajstić information content (AvgIpc) is 3.37. The zero-order chi connectivity index (χ0) is 22.8. The van der Waals surface area contributed by atoms with Crippen molar-refractivity contribution in [3.63, 3.8) is 0 Å². The van der Waals surface area contributed by atoms with Crippen LogP contribution in [0.2, 0.25) is 0 Å². The van der Waals surface area contributed by atoms with E-state index in [9.17, 15) is 9.90 Å². The van der Waals surface area contributed by atoms with E-state index in [2.05, 4.69) is 10.1 Å². The van der Waals surface area contributed by atoms with Crippen molar-refractivity contribution in [2.45, 2.75) is 20.0 Å². The van der Waals surface area contributed by atoms with Crippen LogP contribution in [0.1, 0.15) is 28.5 Å². The van der Waals surface area contributed by atoms with Gasteiger partial charge < -0.3 is 19.3 Å². The molecule has 8 nitrogen and oxygen atoms in total. The van der Waals surface area contributed by atoms with E-state index >= 15 is 0 Å². The SMILES string of the molecule is CCOC(=O)c1c(CN(C)C)n(C)c2cc(-c3cccnc3)c(O)c(Cn3cccn3)c12.Cl.Cl.Cl. The van der Waals surface area contributed by atoms with Crippen LogP contribution in [-0.2, 0) is 24.9 Å². The largest absolute Gasteiger partial charge is 0.507 e. The zero-order valence-corrected chi connectivity index (χ0v) is 22.4. The molecule has 0 fully saturated rings. The number of hydrogen-bond donors (Lipinski definition) is 1. The lowest BCUT2D eigenvalue weighted by Gasteiger charge is -2.14. The number of ether oxygens (including phenoxy) is 1. The molecule has 0 aliphatic carbocycles. The van der Waals surface area contributed by atoms with Crippen molar-refractivity contribution in [2.24, 2.45) is 7.05 Å². The van der Waals surface area contributed by atoms with Crippen LogP contribution in [0, 0.1) is 0 Å². The highest BCUT2D eigenvalue weighted by Gasteiger charge is 2.28. The first kappa shape index (κ1) is 30.3. The molecule has 0 spiro atoms. The molecule has 3 heterocycles. The Balaban J connectivity index is 0.00000204. The number of pyridine rings is 1. The van der Waals surface area contributed by atoms with Gasteiger partial charge in [-0.05, 0) is 39.2 Å². The fourth-order valence-corrected chi connectivity index (χ4v) is 4.07. The highest BCUT2D eigenvalue weighted by atomic mass is 35.5. The van der Waals surface area contributed by atoms with Gasteiger partial charge in [-0.2, -0.15) is 5.10 Å². The van der Waals surface area contributed by atoms with Crippen molar-refractivity contribution in [2.75, 3.05) is 20.7 Å². The first-order chi connectivity index (χ1) is 15.4. The van der Waals surface area contributed by atoms with Crippen molar-refractivity contribution in [1.29, 1.82) is 0 Å². The second kappa shape index (κ2) is 12.8. The monoisotopic (exact) mass is 541 g/mol. The number of phenols is 1. The van der Waals surface area contributed by atoms with Gasteiger partial charge in [-0.25, -0.2) is 4.79 Å². The highest BCUT2D eigenvalue weighted by molar-refractivity contribution is 6.09. The third-order valence-corrected chi connectivity index (χ3v) is 5.48. The number of fused-ring (bicyclic) bond motifs is 1. The van der Waals surface area contributed by atoms with Gasteiger partial charge in [0.15, 0.2) is 0 Å². The zero-order valence-electron chi connectivity index (χ0n) is 20.0. The molecule has 35 heavy (non-hydrogen) atoms. The van der Waals surface area contributed by atoms with E-state index in [0.717, 1.165) is 16.8 Å². The van der Waals surface area contributed by atoms with Crippen LogP contribution in [-0.4, -0.2) is 56.0 Å². The molecule has 0 atom stereocenters. The maximum absolute atomic E-state index is 13.1. The van der Waals surface area contributed by atoms with Crippen LogP contribution in [0.25, 0.3) is 22.0 Å². The number of aromatic nitrogens is 4. The Bertz CT molecular complexity index is 1260. The lowest BCUT2D eigenvalue weighted by molar-refractivity contribution is 0.0526. The first-order valence-corrected chi connectivity index (χ1v) is 10.5. The summed E-state index contributed by atoms with van der Waals surface area (Å²) in [5.41, 5.74) is 4.21. The molecule has 11 heteroatoms. The van der Waals surface area contributed by atoms with Crippen molar-refractivity contribution in [3.05, 3.63) is 65.9 Å². The fourth-order valence-electron chi connectivity index (χ4n) is 4.07. The summed E-state index contributed by atoms with van der Waals surface area (Å²) in [7, 11) is 5.84. The number of aromatic hydroxyl groups is 1. The number of carbonyl (C=O) groups is 1. The maximum Gasteiger partial charge on any atom is 0.340 e. The average molecular weight is 543 g/mol. The number of aryl methyl sites for hydroxylation is 1. The van der Waals surface area contributed by atoms with Gasteiger partial charge in [0.2, 0.25) is 0 Å². The Hall–Kier alpha value is -2.78. The fraction of sp³-hybridized carbons (Fsp3) is 0.292. The number of phenolic OH excluding ortho intramolecular Hbond substituents is 1. The standard InChI is InChI=1S/C24H27N5O3.3ClH/c1-5-32-24(31)22-20(15-27(2)3)28(4)19-12-17(16-8-6-9-25-13-16)23(30)18(21(19)22)14-29-11-7-10-26-29;;;/h6-13,30H,5,14-15H2,1-4H3;3*1H. The first-order valence-electron chi connectivity index (χ1n) is 10.5. The highest BCUT2D eigenvalue weighted by Crippen LogP contribution is 2.41. The van der Waals surface area contributed by atoms with Gasteiger partial charge in [0.25, 0.3) is 0 Å². The summed E-state index contributed by atoms with van der Waals surface area (Å²) in [5, 5.41) is 16.4. The van der Waals surface area contributed by atoms with Gasteiger partial charge in [0, 0.05) is 66.2 Å². The number of carbonyl (C=O) groups excluding carboxylic acids is 1.